The van der Waals surface area contributed by atoms with Gasteiger partial charge in [0.25, 0.3) is 0 Å². The minimum absolute atomic E-state index is 0.559. The molecule has 3 rings (SSSR count). The average molecular weight is 260 g/mol. The van der Waals surface area contributed by atoms with Crippen molar-refractivity contribution in [2.45, 2.75) is 18.9 Å². The number of hydrogen-bond donors (Lipinski definition) is 1. The lowest BCUT2D eigenvalue weighted by Crippen LogP contribution is -2.19. The maximum atomic E-state index is 5.60. The van der Waals surface area contributed by atoms with Crippen molar-refractivity contribution >= 4 is 16.5 Å². The molecule has 2 heterocycles. The average Bonchev–Trinajstić information content (AvgIpc) is 3.01. The molecule has 1 fully saturated rings. The van der Waals surface area contributed by atoms with Crippen molar-refractivity contribution in [3.63, 3.8) is 0 Å². The molecule has 1 aromatic carbocycles. The summed E-state index contributed by atoms with van der Waals surface area (Å²) in [6.45, 7) is 3.10. The third-order valence-corrected chi connectivity index (χ3v) is 4.12. The Hall–Kier alpha value is -1.46. The summed E-state index contributed by atoms with van der Waals surface area (Å²) < 4.78 is 0. The van der Waals surface area contributed by atoms with E-state index in [1.807, 2.05) is 0 Å². The van der Waals surface area contributed by atoms with E-state index in [1.165, 1.54) is 23.3 Å². The highest BCUT2D eigenvalue weighted by atomic mass is 32.1. The van der Waals surface area contributed by atoms with Crippen LogP contribution in [0.15, 0.2) is 30.3 Å². The number of benzene rings is 1. The Kier molecular flexibility index (Phi) is 3.25. The van der Waals surface area contributed by atoms with Crippen LogP contribution < -0.4 is 5.73 Å². The quantitative estimate of drug-likeness (QED) is 0.918. The summed E-state index contributed by atoms with van der Waals surface area (Å²) >= 11 is 1.49. The maximum Gasteiger partial charge on any atom is 0.203 e. The Morgan fingerprint density at radius 2 is 2.11 bits per heavy atom. The first-order valence-electron chi connectivity index (χ1n) is 6.16. The molecule has 5 heteroatoms. The molecule has 0 amide bonds. The van der Waals surface area contributed by atoms with E-state index in [0.29, 0.717) is 11.0 Å². The molecule has 2 aromatic rings. The summed E-state index contributed by atoms with van der Waals surface area (Å²) in [5.74, 6) is 0.650. The van der Waals surface area contributed by atoms with Crippen LogP contribution in [-0.4, -0.2) is 28.2 Å². The van der Waals surface area contributed by atoms with E-state index in [4.69, 9.17) is 5.73 Å². The summed E-state index contributed by atoms with van der Waals surface area (Å²) in [5, 5.41) is 9.51. The predicted molar refractivity (Wildman–Crippen MR) is 73.4 cm³/mol. The summed E-state index contributed by atoms with van der Waals surface area (Å²) in [6, 6.07) is 10.7. The SMILES string of the molecule is Nc1nnc(CN2CCC(c3ccccc3)C2)s1. The topological polar surface area (TPSA) is 55.0 Å². The molecule has 1 aliphatic heterocycles. The van der Waals surface area contributed by atoms with Gasteiger partial charge in [-0.3, -0.25) is 4.90 Å². The van der Waals surface area contributed by atoms with Crippen molar-refractivity contribution < 1.29 is 0 Å². The zero-order valence-corrected chi connectivity index (χ0v) is 10.9. The molecule has 1 aromatic heterocycles. The smallest absolute Gasteiger partial charge is 0.203 e. The first kappa shape index (κ1) is 11.6. The van der Waals surface area contributed by atoms with Gasteiger partial charge in [-0.15, -0.1) is 10.2 Å². The largest absolute Gasteiger partial charge is 0.374 e. The number of nitrogen functional groups attached to an aromatic ring is 1. The van der Waals surface area contributed by atoms with Crippen molar-refractivity contribution in [2.24, 2.45) is 0 Å². The van der Waals surface area contributed by atoms with E-state index in [2.05, 4.69) is 45.4 Å². The highest BCUT2D eigenvalue weighted by Gasteiger charge is 2.24. The molecule has 1 unspecified atom stereocenters. The number of nitrogens with zero attached hydrogens (tertiary/aromatic N) is 3. The van der Waals surface area contributed by atoms with E-state index in [1.54, 1.807) is 0 Å². The zero-order chi connectivity index (χ0) is 12.4. The molecule has 4 nitrogen and oxygen atoms in total. The van der Waals surface area contributed by atoms with E-state index >= 15 is 0 Å². The van der Waals surface area contributed by atoms with E-state index < -0.39 is 0 Å². The van der Waals surface area contributed by atoms with Crippen LogP contribution >= 0.6 is 11.3 Å². The highest BCUT2D eigenvalue weighted by Crippen LogP contribution is 2.28. The molecule has 1 saturated heterocycles. The molecule has 0 bridgehead atoms. The molecule has 1 aliphatic rings. The Bertz CT molecular complexity index is 511. The molecular weight excluding hydrogens is 244 g/mol. The fraction of sp³-hybridized carbons (Fsp3) is 0.385. The van der Waals surface area contributed by atoms with Gasteiger partial charge in [0.15, 0.2) is 0 Å². The van der Waals surface area contributed by atoms with Crippen LogP contribution in [-0.2, 0) is 6.54 Å². The lowest BCUT2D eigenvalue weighted by molar-refractivity contribution is 0.325. The van der Waals surface area contributed by atoms with Crippen LogP contribution in [0, 0.1) is 0 Å². The number of nitrogens with two attached hydrogens (primary N) is 1. The fourth-order valence-corrected chi connectivity index (χ4v) is 3.15. The van der Waals surface area contributed by atoms with Crippen LogP contribution in [0.1, 0.15) is 22.9 Å². The molecule has 1 atom stereocenters. The second-order valence-corrected chi connectivity index (χ2v) is 5.76. The van der Waals surface area contributed by atoms with Gasteiger partial charge in [0, 0.05) is 6.54 Å². The number of rotatable bonds is 3. The Labute approximate surface area is 110 Å². The number of hydrogen-bond acceptors (Lipinski definition) is 5. The van der Waals surface area contributed by atoms with Gasteiger partial charge in [-0.2, -0.15) is 0 Å². The highest BCUT2D eigenvalue weighted by molar-refractivity contribution is 7.15. The maximum absolute atomic E-state index is 5.60. The van der Waals surface area contributed by atoms with Gasteiger partial charge in [0.2, 0.25) is 5.13 Å². The van der Waals surface area contributed by atoms with Crippen LogP contribution in [0.5, 0.6) is 0 Å². The van der Waals surface area contributed by atoms with Crippen molar-refractivity contribution in [2.75, 3.05) is 18.8 Å². The Morgan fingerprint density at radius 1 is 1.28 bits per heavy atom. The first-order valence-corrected chi connectivity index (χ1v) is 6.98. The number of likely N-dealkylation sites (tertiary alicyclic amines) is 1. The van der Waals surface area contributed by atoms with Crippen molar-refractivity contribution in [3.05, 3.63) is 40.9 Å². The third kappa shape index (κ3) is 2.52. The second-order valence-electron chi connectivity index (χ2n) is 4.67. The lowest BCUT2D eigenvalue weighted by Gasteiger charge is -2.14. The van der Waals surface area contributed by atoms with Crippen LogP contribution in [0.4, 0.5) is 5.13 Å². The molecule has 0 spiro atoms. The minimum atomic E-state index is 0.559. The van der Waals surface area contributed by atoms with Crippen molar-refractivity contribution in [1.82, 2.24) is 15.1 Å². The van der Waals surface area contributed by atoms with Gasteiger partial charge in [-0.25, -0.2) is 0 Å². The van der Waals surface area contributed by atoms with Crippen LogP contribution in [0.2, 0.25) is 0 Å². The van der Waals surface area contributed by atoms with Gasteiger partial charge in [0.1, 0.15) is 5.01 Å². The van der Waals surface area contributed by atoms with Gasteiger partial charge in [-0.05, 0) is 24.4 Å². The van der Waals surface area contributed by atoms with Crippen molar-refractivity contribution in [3.8, 4) is 0 Å². The standard InChI is InChI=1S/C13H16N4S/c14-13-16-15-12(18-13)9-17-7-6-11(8-17)10-4-2-1-3-5-10/h1-5,11H,6-9H2,(H2,14,16). The van der Waals surface area contributed by atoms with E-state index in [0.717, 1.165) is 24.6 Å². The van der Waals surface area contributed by atoms with Gasteiger partial charge >= 0.3 is 0 Å². The molecule has 18 heavy (non-hydrogen) atoms. The van der Waals surface area contributed by atoms with Gasteiger partial charge in [0.05, 0.1) is 6.54 Å². The molecule has 2 N–H and O–H groups in total. The van der Waals surface area contributed by atoms with E-state index in [-0.39, 0.29) is 0 Å². The van der Waals surface area contributed by atoms with E-state index in [9.17, 15) is 0 Å². The zero-order valence-electron chi connectivity index (χ0n) is 10.1. The number of aromatic nitrogens is 2. The predicted octanol–water partition coefficient (Wildman–Crippen LogP) is 2.11. The Balaban J connectivity index is 1.62. The Morgan fingerprint density at radius 3 is 2.83 bits per heavy atom. The summed E-state index contributed by atoms with van der Waals surface area (Å²) in [6.07, 6.45) is 1.22. The van der Waals surface area contributed by atoms with Gasteiger partial charge in [-0.1, -0.05) is 41.7 Å². The molecule has 0 radical (unpaired) electrons. The summed E-state index contributed by atoms with van der Waals surface area (Å²) in [5.41, 5.74) is 7.04. The summed E-state index contributed by atoms with van der Waals surface area (Å²) in [7, 11) is 0. The third-order valence-electron chi connectivity index (χ3n) is 3.38. The molecular formula is C13H16N4S. The van der Waals surface area contributed by atoms with Crippen LogP contribution in [0.25, 0.3) is 0 Å². The van der Waals surface area contributed by atoms with Gasteiger partial charge < -0.3 is 5.73 Å². The summed E-state index contributed by atoms with van der Waals surface area (Å²) in [4.78, 5) is 2.43. The van der Waals surface area contributed by atoms with Crippen molar-refractivity contribution in [1.29, 1.82) is 0 Å². The van der Waals surface area contributed by atoms with Crippen LogP contribution in [0.3, 0.4) is 0 Å². The monoisotopic (exact) mass is 260 g/mol. The number of anilines is 1. The second kappa shape index (κ2) is 5.04. The normalized spacial score (nSPS) is 20.3. The first-order chi connectivity index (χ1) is 8.81. The molecule has 0 aliphatic carbocycles. The molecule has 94 valence electrons. The molecule has 0 saturated carbocycles. The minimum Gasteiger partial charge on any atom is -0.374 e. The fourth-order valence-electron chi connectivity index (χ4n) is 2.50. The lowest BCUT2D eigenvalue weighted by atomic mass is 9.99.